The summed E-state index contributed by atoms with van der Waals surface area (Å²) in [6, 6.07) is 2.13. The van der Waals surface area contributed by atoms with Crippen LogP contribution in [0.5, 0.6) is 0 Å². The molecule has 0 spiro atoms. The first kappa shape index (κ1) is 10.5. The van der Waals surface area contributed by atoms with Crippen LogP contribution in [0.15, 0.2) is 18.5 Å². The lowest BCUT2D eigenvalue weighted by molar-refractivity contribution is 0.721. The van der Waals surface area contributed by atoms with Crippen LogP contribution in [0.4, 0.5) is 0 Å². The molecule has 2 N–H and O–H groups in total. The second-order valence-corrected chi connectivity index (χ2v) is 4.09. The lowest BCUT2D eigenvalue weighted by Gasteiger charge is -2.03. The molecular formula is C9H15N3S. The van der Waals surface area contributed by atoms with Crippen molar-refractivity contribution in [2.24, 2.45) is 5.73 Å². The fraction of sp³-hybridized carbons (Fsp3) is 0.556. The molecule has 1 rings (SSSR count). The van der Waals surface area contributed by atoms with Gasteiger partial charge in [-0.1, -0.05) is 0 Å². The van der Waals surface area contributed by atoms with E-state index in [9.17, 15) is 0 Å². The van der Waals surface area contributed by atoms with Gasteiger partial charge in [-0.15, -0.1) is 0 Å². The molecule has 13 heavy (non-hydrogen) atoms. The summed E-state index contributed by atoms with van der Waals surface area (Å²) in [6.07, 6.45) is 4.60. The fourth-order valence-electron chi connectivity index (χ4n) is 0.837. The van der Waals surface area contributed by atoms with Crippen LogP contribution in [0.25, 0.3) is 0 Å². The number of nitrogens with zero attached hydrogens (tertiary/aromatic N) is 2. The fourth-order valence-corrected chi connectivity index (χ4v) is 1.85. The van der Waals surface area contributed by atoms with E-state index in [0.29, 0.717) is 6.04 Å². The molecule has 4 heteroatoms. The standard InChI is InChI=1S/C9H15N3S/c1-8(10)3-6-13-7-9-11-4-2-5-12-9/h2,4-5,8H,3,6-7,10H2,1H3. The molecule has 0 aliphatic heterocycles. The summed E-state index contributed by atoms with van der Waals surface area (Å²) in [6.45, 7) is 2.03. The highest BCUT2D eigenvalue weighted by atomic mass is 32.2. The predicted molar refractivity (Wildman–Crippen MR) is 56.5 cm³/mol. The van der Waals surface area contributed by atoms with Crippen LogP contribution < -0.4 is 5.73 Å². The van der Waals surface area contributed by atoms with Gasteiger partial charge in [0.1, 0.15) is 5.82 Å². The van der Waals surface area contributed by atoms with E-state index in [1.165, 1.54) is 0 Å². The summed E-state index contributed by atoms with van der Waals surface area (Å²) in [5, 5.41) is 0. The number of nitrogens with two attached hydrogens (primary N) is 1. The van der Waals surface area contributed by atoms with Gasteiger partial charge in [0.15, 0.2) is 0 Å². The largest absolute Gasteiger partial charge is 0.328 e. The summed E-state index contributed by atoms with van der Waals surface area (Å²) in [4.78, 5) is 8.26. The normalized spacial score (nSPS) is 12.8. The van der Waals surface area contributed by atoms with E-state index in [4.69, 9.17) is 5.73 Å². The van der Waals surface area contributed by atoms with Crippen LogP contribution in [-0.4, -0.2) is 21.8 Å². The third-order valence-electron chi connectivity index (χ3n) is 1.57. The van der Waals surface area contributed by atoms with Crippen molar-refractivity contribution in [1.29, 1.82) is 0 Å². The third kappa shape index (κ3) is 4.85. The van der Waals surface area contributed by atoms with E-state index < -0.39 is 0 Å². The molecule has 0 bridgehead atoms. The minimum absolute atomic E-state index is 0.296. The van der Waals surface area contributed by atoms with E-state index in [0.717, 1.165) is 23.8 Å². The number of hydrogen-bond acceptors (Lipinski definition) is 4. The highest BCUT2D eigenvalue weighted by Crippen LogP contribution is 2.09. The number of thioether (sulfide) groups is 1. The Hall–Kier alpha value is -0.610. The molecule has 72 valence electrons. The molecule has 1 aromatic rings. The predicted octanol–water partition coefficient (Wildman–Crippen LogP) is 1.45. The van der Waals surface area contributed by atoms with Gasteiger partial charge in [0.2, 0.25) is 0 Å². The van der Waals surface area contributed by atoms with Crippen molar-refractivity contribution in [3.8, 4) is 0 Å². The third-order valence-corrected chi connectivity index (χ3v) is 2.55. The summed E-state index contributed by atoms with van der Waals surface area (Å²) in [5.74, 6) is 2.86. The van der Waals surface area contributed by atoms with E-state index >= 15 is 0 Å². The molecular weight excluding hydrogens is 182 g/mol. The lowest BCUT2D eigenvalue weighted by Crippen LogP contribution is -2.15. The van der Waals surface area contributed by atoms with Gasteiger partial charge >= 0.3 is 0 Å². The number of rotatable bonds is 5. The van der Waals surface area contributed by atoms with Crippen molar-refractivity contribution in [2.75, 3.05) is 5.75 Å². The zero-order valence-electron chi connectivity index (χ0n) is 7.81. The van der Waals surface area contributed by atoms with Gasteiger partial charge in [-0.05, 0) is 25.2 Å². The molecule has 3 nitrogen and oxygen atoms in total. The number of hydrogen-bond donors (Lipinski definition) is 1. The maximum atomic E-state index is 5.63. The summed E-state index contributed by atoms with van der Waals surface area (Å²) in [7, 11) is 0. The summed E-state index contributed by atoms with van der Waals surface area (Å²) in [5.41, 5.74) is 5.63. The van der Waals surface area contributed by atoms with E-state index in [1.807, 2.05) is 24.8 Å². The Bertz CT molecular complexity index is 226. The Morgan fingerprint density at radius 1 is 1.46 bits per heavy atom. The van der Waals surface area contributed by atoms with E-state index in [2.05, 4.69) is 9.97 Å². The second kappa shape index (κ2) is 5.94. The Labute approximate surface area is 83.2 Å². The van der Waals surface area contributed by atoms with Crippen LogP contribution >= 0.6 is 11.8 Å². The van der Waals surface area contributed by atoms with Crippen molar-refractivity contribution in [2.45, 2.75) is 25.1 Å². The Balaban J connectivity index is 2.13. The van der Waals surface area contributed by atoms with Gasteiger partial charge in [0, 0.05) is 18.4 Å². The van der Waals surface area contributed by atoms with Gasteiger partial charge in [-0.3, -0.25) is 0 Å². The lowest BCUT2D eigenvalue weighted by atomic mass is 10.3. The molecule has 1 heterocycles. The van der Waals surface area contributed by atoms with Gasteiger partial charge in [-0.2, -0.15) is 11.8 Å². The second-order valence-electron chi connectivity index (χ2n) is 2.98. The van der Waals surface area contributed by atoms with Crippen LogP contribution in [0.1, 0.15) is 19.2 Å². The molecule has 0 saturated carbocycles. The Morgan fingerprint density at radius 3 is 2.77 bits per heavy atom. The Morgan fingerprint density at radius 2 is 2.15 bits per heavy atom. The average Bonchev–Trinajstić information content (AvgIpc) is 2.14. The molecule has 0 saturated heterocycles. The first-order valence-electron chi connectivity index (χ1n) is 4.38. The molecule has 0 aliphatic carbocycles. The SMILES string of the molecule is CC(N)CCSCc1ncccn1. The summed E-state index contributed by atoms with van der Waals surface area (Å²) >= 11 is 1.83. The van der Waals surface area contributed by atoms with Crippen molar-refractivity contribution in [3.63, 3.8) is 0 Å². The smallest absolute Gasteiger partial charge is 0.138 e. The molecule has 0 aliphatic rings. The van der Waals surface area contributed by atoms with Crippen LogP contribution in [0.2, 0.25) is 0 Å². The molecule has 1 unspecified atom stereocenters. The number of aromatic nitrogens is 2. The molecule has 0 amide bonds. The van der Waals surface area contributed by atoms with Gasteiger partial charge in [0.25, 0.3) is 0 Å². The minimum atomic E-state index is 0.296. The molecule has 1 aromatic heterocycles. The molecule has 0 radical (unpaired) electrons. The quantitative estimate of drug-likeness (QED) is 0.726. The van der Waals surface area contributed by atoms with Crippen LogP contribution in [-0.2, 0) is 5.75 Å². The zero-order valence-corrected chi connectivity index (χ0v) is 8.63. The topological polar surface area (TPSA) is 51.8 Å². The van der Waals surface area contributed by atoms with E-state index in [1.54, 1.807) is 12.4 Å². The summed E-state index contributed by atoms with van der Waals surface area (Å²) < 4.78 is 0. The van der Waals surface area contributed by atoms with Crippen LogP contribution in [0, 0.1) is 0 Å². The average molecular weight is 197 g/mol. The molecule has 1 atom stereocenters. The van der Waals surface area contributed by atoms with Crippen molar-refractivity contribution in [1.82, 2.24) is 9.97 Å². The van der Waals surface area contributed by atoms with Gasteiger partial charge < -0.3 is 5.73 Å². The monoisotopic (exact) mass is 197 g/mol. The zero-order chi connectivity index (χ0) is 9.52. The van der Waals surface area contributed by atoms with Gasteiger partial charge in [0.05, 0.1) is 5.75 Å². The molecule has 0 aromatic carbocycles. The Kier molecular flexibility index (Phi) is 4.78. The highest BCUT2D eigenvalue weighted by Gasteiger charge is 1.97. The van der Waals surface area contributed by atoms with Crippen molar-refractivity contribution >= 4 is 11.8 Å². The van der Waals surface area contributed by atoms with Gasteiger partial charge in [-0.25, -0.2) is 9.97 Å². The highest BCUT2D eigenvalue weighted by molar-refractivity contribution is 7.98. The van der Waals surface area contributed by atoms with Crippen molar-refractivity contribution < 1.29 is 0 Å². The first-order valence-corrected chi connectivity index (χ1v) is 5.53. The van der Waals surface area contributed by atoms with Crippen molar-refractivity contribution in [3.05, 3.63) is 24.3 Å². The first-order chi connectivity index (χ1) is 6.29. The van der Waals surface area contributed by atoms with Crippen LogP contribution in [0.3, 0.4) is 0 Å². The molecule has 0 fully saturated rings. The minimum Gasteiger partial charge on any atom is -0.328 e. The maximum Gasteiger partial charge on any atom is 0.138 e. The van der Waals surface area contributed by atoms with E-state index in [-0.39, 0.29) is 0 Å². The maximum absolute atomic E-state index is 5.63.